The molecule has 0 spiro atoms. The van der Waals surface area contributed by atoms with E-state index in [4.69, 9.17) is 4.74 Å². The molecule has 0 aliphatic heterocycles. The second kappa shape index (κ2) is 10.8. The highest BCUT2D eigenvalue weighted by molar-refractivity contribution is 6.04. The zero-order chi connectivity index (χ0) is 27.9. The van der Waals surface area contributed by atoms with Crippen molar-refractivity contribution in [2.75, 3.05) is 6.61 Å². The quantitative estimate of drug-likeness (QED) is 0.177. The van der Waals surface area contributed by atoms with E-state index in [0.717, 1.165) is 19.3 Å². The number of unbranched alkanes of at least 4 members (excludes halogenated alkanes) is 8. The highest BCUT2D eigenvalue weighted by Gasteiger charge is 2.83. The topological polar surface area (TPSA) is 104 Å². The van der Waals surface area contributed by atoms with Crippen LogP contribution in [0.3, 0.4) is 0 Å². The minimum atomic E-state index is -1.76. The number of carbonyl (C=O) groups is 2. The second-order valence-electron chi connectivity index (χ2n) is 13.4. The summed E-state index contributed by atoms with van der Waals surface area (Å²) in [6.45, 7) is 9.74. The molecule has 7 atom stereocenters. The standard InChI is InChI=1S/C32H50O6/c1-6-7-8-9-10-11-12-13-14-15-26(34)38-31-18-22(3)32(37)24(27(31)29(31,4)5)17-23(20-33)19-30(36)25(32)16-21(2)28(30)35/h16-17,22,24-25,27,33,36-37H,6-15,18-20H2,1-5H3. The van der Waals surface area contributed by atoms with Gasteiger partial charge in [0.1, 0.15) is 11.2 Å². The fourth-order valence-corrected chi connectivity index (χ4v) is 8.43. The normalized spacial score (nSPS) is 38.9. The number of hydrogen-bond donors (Lipinski definition) is 3. The Morgan fingerprint density at radius 2 is 1.63 bits per heavy atom. The molecule has 0 heterocycles. The van der Waals surface area contributed by atoms with Crippen molar-refractivity contribution < 1.29 is 29.6 Å². The third-order valence-corrected chi connectivity index (χ3v) is 10.7. The predicted molar refractivity (Wildman–Crippen MR) is 147 cm³/mol. The predicted octanol–water partition coefficient (Wildman–Crippen LogP) is 5.43. The number of ether oxygens (including phenoxy) is 1. The van der Waals surface area contributed by atoms with Crippen LogP contribution >= 0.6 is 0 Å². The lowest BCUT2D eigenvalue weighted by Crippen LogP contribution is -2.61. The lowest BCUT2D eigenvalue weighted by Gasteiger charge is -2.50. The summed E-state index contributed by atoms with van der Waals surface area (Å²) in [5.74, 6) is -2.25. The first-order chi connectivity index (χ1) is 17.9. The number of fused-ring (bicyclic) bond motifs is 5. The number of aliphatic hydroxyl groups is 3. The first kappa shape index (κ1) is 29.5. The van der Waals surface area contributed by atoms with Gasteiger partial charge in [-0.05, 0) is 36.8 Å². The molecule has 0 aromatic rings. The van der Waals surface area contributed by atoms with E-state index in [0.29, 0.717) is 24.0 Å². The molecule has 2 fully saturated rings. The molecule has 6 nitrogen and oxygen atoms in total. The van der Waals surface area contributed by atoms with E-state index in [1.54, 1.807) is 13.0 Å². The van der Waals surface area contributed by atoms with Gasteiger partial charge in [0.25, 0.3) is 0 Å². The Bertz CT molecular complexity index is 980. The van der Waals surface area contributed by atoms with Gasteiger partial charge in [-0.15, -0.1) is 0 Å². The number of hydrogen-bond acceptors (Lipinski definition) is 6. The summed E-state index contributed by atoms with van der Waals surface area (Å²) in [5, 5.41) is 34.1. The molecule has 0 amide bonds. The van der Waals surface area contributed by atoms with Gasteiger partial charge < -0.3 is 20.1 Å². The van der Waals surface area contributed by atoms with Gasteiger partial charge in [-0.2, -0.15) is 0 Å². The van der Waals surface area contributed by atoms with E-state index in [1.165, 1.54) is 38.5 Å². The highest BCUT2D eigenvalue weighted by atomic mass is 16.6. The lowest BCUT2D eigenvalue weighted by atomic mass is 9.60. The second-order valence-corrected chi connectivity index (χ2v) is 13.4. The van der Waals surface area contributed by atoms with Crippen LogP contribution in [-0.2, 0) is 14.3 Å². The van der Waals surface area contributed by atoms with Crippen molar-refractivity contribution in [2.24, 2.45) is 29.1 Å². The fraction of sp³-hybridized carbons (Fsp3) is 0.812. The summed E-state index contributed by atoms with van der Waals surface area (Å²) in [6, 6.07) is 0. The molecule has 0 aromatic carbocycles. The van der Waals surface area contributed by atoms with Gasteiger partial charge in [-0.1, -0.05) is 91.2 Å². The summed E-state index contributed by atoms with van der Waals surface area (Å²) in [6.07, 6.45) is 15.2. The van der Waals surface area contributed by atoms with Gasteiger partial charge in [0.15, 0.2) is 5.78 Å². The molecular formula is C32H50O6. The van der Waals surface area contributed by atoms with Crippen molar-refractivity contribution in [3.63, 3.8) is 0 Å². The Morgan fingerprint density at radius 1 is 1.03 bits per heavy atom. The average Bonchev–Trinajstić information content (AvgIpc) is 3.26. The van der Waals surface area contributed by atoms with Crippen LogP contribution in [0.25, 0.3) is 0 Å². The van der Waals surface area contributed by atoms with E-state index in [-0.39, 0.29) is 42.0 Å². The first-order valence-corrected chi connectivity index (χ1v) is 15.1. The summed E-state index contributed by atoms with van der Waals surface area (Å²) < 4.78 is 6.31. The van der Waals surface area contributed by atoms with Gasteiger partial charge in [-0.25, -0.2) is 0 Å². The molecule has 6 heteroatoms. The van der Waals surface area contributed by atoms with Gasteiger partial charge in [-0.3, -0.25) is 9.59 Å². The Kier molecular flexibility index (Phi) is 8.39. The Hall–Kier alpha value is -1.50. The average molecular weight is 531 g/mol. The zero-order valence-corrected chi connectivity index (χ0v) is 24.2. The monoisotopic (exact) mass is 530 g/mol. The number of rotatable bonds is 12. The molecule has 4 rings (SSSR count). The molecule has 4 aliphatic rings. The maximum Gasteiger partial charge on any atom is 0.306 e. The maximum absolute atomic E-state index is 13.1. The van der Waals surface area contributed by atoms with Crippen LogP contribution in [0.2, 0.25) is 0 Å². The van der Waals surface area contributed by atoms with Crippen molar-refractivity contribution in [3.8, 4) is 0 Å². The fourth-order valence-electron chi connectivity index (χ4n) is 8.43. The molecular weight excluding hydrogens is 480 g/mol. The van der Waals surface area contributed by atoms with Crippen LogP contribution in [0.1, 0.15) is 112 Å². The molecule has 0 radical (unpaired) electrons. The number of ketones is 1. The van der Waals surface area contributed by atoms with Crippen molar-refractivity contribution in [3.05, 3.63) is 23.3 Å². The summed E-state index contributed by atoms with van der Waals surface area (Å²) in [7, 11) is 0. The molecule has 0 saturated heterocycles. The summed E-state index contributed by atoms with van der Waals surface area (Å²) >= 11 is 0. The molecule has 7 unspecified atom stereocenters. The van der Waals surface area contributed by atoms with Gasteiger partial charge in [0.2, 0.25) is 0 Å². The maximum atomic E-state index is 13.1. The van der Waals surface area contributed by atoms with E-state index in [9.17, 15) is 24.9 Å². The molecule has 214 valence electrons. The third-order valence-electron chi connectivity index (χ3n) is 10.7. The van der Waals surface area contributed by atoms with Crippen molar-refractivity contribution in [1.82, 2.24) is 0 Å². The van der Waals surface area contributed by atoms with Gasteiger partial charge in [0, 0.05) is 36.0 Å². The van der Waals surface area contributed by atoms with Gasteiger partial charge in [0.05, 0.1) is 12.2 Å². The smallest absolute Gasteiger partial charge is 0.306 e. The van der Waals surface area contributed by atoms with E-state index in [1.807, 2.05) is 13.0 Å². The number of aliphatic hydroxyl groups excluding tert-OH is 1. The van der Waals surface area contributed by atoms with Crippen molar-refractivity contribution >= 4 is 11.8 Å². The minimum Gasteiger partial charge on any atom is -0.458 e. The molecule has 0 aromatic heterocycles. The van der Waals surface area contributed by atoms with E-state index >= 15 is 0 Å². The molecule has 0 bridgehead atoms. The third kappa shape index (κ3) is 4.62. The Labute approximate surface area is 228 Å². The number of esters is 1. The van der Waals surface area contributed by atoms with Crippen molar-refractivity contribution in [1.29, 1.82) is 0 Å². The molecule has 2 saturated carbocycles. The van der Waals surface area contributed by atoms with Crippen molar-refractivity contribution in [2.45, 2.75) is 128 Å². The largest absolute Gasteiger partial charge is 0.458 e. The van der Waals surface area contributed by atoms with Gasteiger partial charge >= 0.3 is 5.97 Å². The van der Waals surface area contributed by atoms with Crippen LogP contribution in [0.15, 0.2) is 23.3 Å². The summed E-state index contributed by atoms with van der Waals surface area (Å²) in [5.41, 5.74) is -3.20. The van der Waals surface area contributed by atoms with Crippen LogP contribution in [-0.4, -0.2) is 50.5 Å². The van der Waals surface area contributed by atoms with E-state index in [2.05, 4.69) is 20.8 Å². The molecule has 3 N–H and O–H groups in total. The SMILES string of the molecule is CCCCCCCCCCCC(=O)OC12CC(C)C3(O)C(C=C(CO)CC4(O)C(=O)C(C)=CC43)C1C2(C)C. The van der Waals surface area contributed by atoms with Crippen LogP contribution in [0, 0.1) is 29.1 Å². The van der Waals surface area contributed by atoms with Crippen LogP contribution in [0.5, 0.6) is 0 Å². The van der Waals surface area contributed by atoms with Crippen LogP contribution < -0.4 is 0 Å². The molecule has 38 heavy (non-hydrogen) atoms. The first-order valence-electron chi connectivity index (χ1n) is 15.1. The number of carbonyl (C=O) groups excluding carboxylic acids is 2. The summed E-state index contributed by atoms with van der Waals surface area (Å²) in [4.78, 5) is 26.1. The van der Waals surface area contributed by atoms with E-state index < -0.39 is 28.6 Å². The number of Topliss-reactive ketones (excluding diaryl/α,β-unsaturated/α-hetero) is 1. The molecule has 4 aliphatic carbocycles. The lowest BCUT2D eigenvalue weighted by molar-refractivity contribution is -0.187. The van der Waals surface area contributed by atoms with Crippen LogP contribution in [0.4, 0.5) is 0 Å². The Balaban J connectivity index is 1.45. The zero-order valence-electron chi connectivity index (χ0n) is 24.2. The Morgan fingerprint density at radius 3 is 2.24 bits per heavy atom. The minimum absolute atomic E-state index is 0.00487. The highest BCUT2D eigenvalue weighted by Crippen LogP contribution is 2.76.